The minimum atomic E-state index is -3.98. The van der Waals surface area contributed by atoms with E-state index in [-0.39, 0.29) is 42.4 Å². The van der Waals surface area contributed by atoms with Crippen LogP contribution in [-0.4, -0.2) is 66.8 Å². The maximum absolute atomic E-state index is 13.6. The standard InChI is InChI=1S/C44H49N3O8S/c1-30-11-21-39(22-12-30)56(52,53)46-40(23-31-7-4-3-5-8-31)43(51)45-26-32-13-19-35(20-14-32)44-54-38(25-42(55-44)34-17-15-33(29-48)16-18-34)27-47(2)28-41(50)36-9-6-10-37(49)24-36/h3-22,24,38,40-42,44,46,48-50H,23,25-29H2,1-2H3,(H,45,51)/t38-,40+,41+,42+,44+/m0/s1. The van der Waals surface area contributed by atoms with Gasteiger partial charge in [0.2, 0.25) is 15.9 Å². The van der Waals surface area contributed by atoms with Crippen LogP contribution < -0.4 is 10.0 Å². The molecule has 1 fully saturated rings. The Morgan fingerprint density at radius 2 is 1.52 bits per heavy atom. The zero-order valence-corrected chi connectivity index (χ0v) is 32.3. The van der Waals surface area contributed by atoms with E-state index >= 15 is 0 Å². The molecule has 6 rings (SSSR count). The minimum Gasteiger partial charge on any atom is -0.508 e. The summed E-state index contributed by atoms with van der Waals surface area (Å²) in [7, 11) is -2.07. The van der Waals surface area contributed by atoms with Crippen molar-refractivity contribution in [3.8, 4) is 5.75 Å². The molecule has 5 aromatic carbocycles. The molecule has 5 atom stereocenters. The molecule has 1 aliphatic rings. The number of aromatic hydroxyl groups is 1. The van der Waals surface area contributed by atoms with Crippen molar-refractivity contribution in [2.75, 3.05) is 20.1 Å². The Morgan fingerprint density at radius 1 is 0.839 bits per heavy atom. The van der Waals surface area contributed by atoms with Gasteiger partial charge in [0.1, 0.15) is 11.8 Å². The second kappa shape index (κ2) is 18.8. The van der Waals surface area contributed by atoms with Crippen molar-refractivity contribution in [1.82, 2.24) is 14.9 Å². The number of carbonyl (C=O) groups is 1. The maximum atomic E-state index is 13.6. The van der Waals surface area contributed by atoms with Crippen LogP contribution in [0.2, 0.25) is 0 Å². The lowest BCUT2D eigenvalue weighted by Crippen LogP contribution is -2.47. The third-order valence-corrected chi connectivity index (χ3v) is 11.3. The molecule has 0 spiro atoms. The highest BCUT2D eigenvalue weighted by Crippen LogP contribution is 2.38. The van der Waals surface area contributed by atoms with E-state index in [0.717, 1.165) is 33.4 Å². The Bertz CT molecular complexity index is 2130. The van der Waals surface area contributed by atoms with Crippen molar-refractivity contribution in [3.05, 3.63) is 166 Å². The monoisotopic (exact) mass is 779 g/mol. The molecule has 1 aliphatic heterocycles. The minimum absolute atomic E-state index is 0.0595. The molecule has 1 amide bonds. The number of benzene rings is 5. The lowest BCUT2D eigenvalue weighted by atomic mass is 9.99. The van der Waals surface area contributed by atoms with Gasteiger partial charge in [0.25, 0.3) is 0 Å². The van der Waals surface area contributed by atoms with E-state index in [1.54, 1.807) is 36.4 Å². The van der Waals surface area contributed by atoms with Gasteiger partial charge in [0.05, 0.1) is 29.8 Å². The molecule has 1 saturated heterocycles. The fourth-order valence-electron chi connectivity index (χ4n) is 6.70. The molecular formula is C44H49N3O8S. The number of rotatable bonds is 16. The summed E-state index contributed by atoms with van der Waals surface area (Å²) in [6.07, 6.45) is -1.36. The summed E-state index contributed by atoms with van der Waals surface area (Å²) in [6.45, 7) is 2.81. The first kappa shape index (κ1) is 40.7. The van der Waals surface area contributed by atoms with Crippen molar-refractivity contribution in [3.63, 3.8) is 0 Å². The third-order valence-electron chi connectivity index (χ3n) is 9.82. The van der Waals surface area contributed by atoms with Crippen molar-refractivity contribution in [2.45, 2.75) is 68.5 Å². The van der Waals surface area contributed by atoms with Gasteiger partial charge in [-0.3, -0.25) is 4.79 Å². The lowest BCUT2D eigenvalue weighted by Gasteiger charge is -2.38. The smallest absolute Gasteiger partial charge is 0.241 e. The van der Waals surface area contributed by atoms with Gasteiger partial charge in [-0.05, 0) is 72.5 Å². The topological polar surface area (TPSA) is 158 Å². The summed E-state index contributed by atoms with van der Waals surface area (Å²) in [6, 6.07) is 36.4. The van der Waals surface area contributed by atoms with E-state index in [9.17, 15) is 28.5 Å². The van der Waals surface area contributed by atoms with Crippen molar-refractivity contribution < 1.29 is 38.0 Å². The highest BCUT2D eigenvalue weighted by Gasteiger charge is 2.33. The molecule has 294 valence electrons. The Kier molecular flexibility index (Phi) is 13.7. The number of phenolic OH excluding ortho intramolecular Hbond substituents is 1. The Labute approximate surface area is 328 Å². The number of nitrogens with zero attached hydrogens (tertiary/aromatic N) is 1. The maximum Gasteiger partial charge on any atom is 0.241 e. The number of hydrogen-bond acceptors (Lipinski definition) is 9. The Morgan fingerprint density at radius 3 is 2.20 bits per heavy atom. The average Bonchev–Trinajstić information content (AvgIpc) is 3.20. The number of amides is 1. The van der Waals surface area contributed by atoms with Gasteiger partial charge in [-0.15, -0.1) is 0 Å². The van der Waals surface area contributed by atoms with Crippen LogP contribution in [0.5, 0.6) is 5.75 Å². The van der Waals surface area contributed by atoms with Gasteiger partial charge in [-0.2, -0.15) is 4.72 Å². The van der Waals surface area contributed by atoms with Crippen molar-refractivity contribution >= 4 is 15.9 Å². The molecular weight excluding hydrogens is 731 g/mol. The lowest BCUT2D eigenvalue weighted by molar-refractivity contribution is -0.252. The number of phenols is 1. The first-order valence-corrected chi connectivity index (χ1v) is 20.1. The predicted molar refractivity (Wildman–Crippen MR) is 213 cm³/mol. The first-order chi connectivity index (χ1) is 26.9. The summed E-state index contributed by atoms with van der Waals surface area (Å²) < 4.78 is 42.2. The number of nitrogens with one attached hydrogen (secondary N) is 2. The van der Waals surface area contributed by atoms with E-state index in [1.807, 2.05) is 97.7 Å². The number of carbonyl (C=O) groups excluding carboxylic acids is 1. The van der Waals surface area contributed by atoms with E-state index in [0.29, 0.717) is 25.1 Å². The first-order valence-electron chi connectivity index (χ1n) is 18.6. The van der Waals surface area contributed by atoms with Crippen LogP contribution in [0.3, 0.4) is 0 Å². The Hall–Kier alpha value is -4.92. The number of aryl methyl sites for hydroxylation is 1. The number of hydrogen-bond donors (Lipinski definition) is 5. The average molecular weight is 780 g/mol. The fraction of sp³-hybridized carbons (Fsp3) is 0.295. The molecule has 0 bridgehead atoms. The van der Waals surface area contributed by atoms with Crippen LogP contribution in [0.25, 0.3) is 0 Å². The fourth-order valence-corrected chi connectivity index (χ4v) is 7.90. The second-order valence-electron chi connectivity index (χ2n) is 14.3. The molecule has 56 heavy (non-hydrogen) atoms. The summed E-state index contributed by atoms with van der Waals surface area (Å²) in [5.41, 5.74) is 5.68. The van der Waals surface area contributed by atoms with Crippen LogP contribution in [-0.2, 0) is 43.9 Å². The van der Waals surface area contributed by atoms with Crippen LogP contribution in [0.4, 0.5) is 0 Å². The van der Waals surface area contributed by atoms with E-state index in [2.05, 4.69) is 10.0 Å². The summed E-state index contributed by atoms with van der Waals surface area (Å²) in [5, 5.41) is 33.2. The van der Waals surface area contributed by atoms with Gasteiger partial charge in [-0.1, -0.05) is 109 Å². The summed E-state index contributed by atoms with van der Waals surface area (Å²) >= 11 is 0. The quantitative estimate of drug-likeness (QED) is 0.0859. The second-order valence-corrected chi connectivity index (χ2v) is 16.0. The SMILES string of the molecule is Cc1ccc(S(=O)(=O)N[C@H](Cc2ccccc2)C(=O)NCc2ccc([C@@H]3O[C@H](CN(C)C[C@@H](O)c4cccc(O)c4)C[C@H](c4ccc(CO)cc4)O3)cc2)cc1. The molecule has 5 N–H and O–H groups in total. The zero-order valence-electron chi connectivity index (χ0n) is 31.5. The van der Waals surface area contributed by atoms with Gasteiger partial charge in [0.15, 0.2) is 6.29 Å². The molecule has 0 radical (unpaired) electrons. The molecule has 0 unspecified atom stereocenters. The van der Waals surface area contributed by atoms with Crippen molar-refractivity contribution in [2.24, 2.45) is 0 Å². The van der Waals surface area contributed by atoms with Gasteiger partial charge in [-0.25, -0.2) is 8.42 Å². The largest absolute Gasteiger partial charge is 0.508 e. The number of likely N-dealkylation sites (N-methyl/N-ethyl adjacent to an activating group) is 1. The molecule has 1 heterocycles. The van der Waals surface area contributed by atoms with Crippen LogP contribution in [0, 0.1) is 6.92 Å². The summed E-state index contributed by atoms with van der Waals surface area (Å²) in [5.74, 6) is -0.361. The van der Waals surface area contributed by atoms with Gasteiger partial charge >= 0.3 is 0 Å². The molecule has 0 aliphatic carbocycles. The molecule has 5 aromatic rings. The Balaban J connectivity index is 1.13. The number of aliphatic hydroxyl groups excluding tert-OH is 2. The third kappa shape index (κ3) is 11.1. The van der Waals surface area contributed by atoms with Crippen LogP contribution in [0.1, 0.15) is 63.9 Å². The molecule has 12 heteroatoms. The van der Waals surface area contributed by atoms with Crippen molar-refractivity contribution in [1.29, 1.82) is 0 Å². The van der Waals surface area contributed by atoms with Gasteiger partial charge < -0.3 is 35.0 Å². The normalized spacial score (nSPS) is 18.3. The molecule has 0 aromatic heterocycles. The number of sulfonamides is 1. The summed E-state index contributed by atoms with van der Waals surface area (Å²) in [4.78, 5) is 15.6. The molecule has 11 nitrogen and oxygen atoms in total. The highest BCUT2D eigenvalue weighted by atomic mass is 32.2. The van der Waals surface area contributed by atoms with Gasteiger partial charge in [0, 0.05) is 31.6 Å². The van der Waals surface area contributed by atoms with E-state index < -0.39 is 34.4 Å². The van der Waals surface area contributed by atoms with E-state index in [1.165, 1.54) is 12.1 Å². The van der Waals surface area contributed by atoms with E-state index in [4.69, 9.17) is 9.47 Å². The van der Waals surface area contributed by atoms with Crippen LogP contribution in [0.15, 0.2) is 132 Å². The number of aliphatic hydroxyl groups is 2. The predicted octanol–water partition coefficient (Wildman–Crippen LogP) is 5.61. The molecule has 0 saturated carbocycles. The highest BCUT2D eigenvalue weighted by molar-refractivity contribution is 7.89. The van der Waals surface area contributed by atoms with Crippen LogP contribution >= 0.6 is 0 Å². The number of ether oxygens (including phenoxy) is 2. The zero-order chi connectivity index (χ0) is 39.7.